The zero-order valence-electron chi connectivity index (χ0n) is 6.64. The maximum atomic E-state index is 10.7. The van der Waals surface area contributed by atoms with Gasteiger partial charge in [-0.15, -0.1) is 0 Å². The van der Waals surface area contributed by atoms with E-state index >= 15 is 0 Å². The Morgan fingerprint density at radius 3 is 3.00 bits per heavy atom. The highest BCUT2D eigenvalue weighted by Crippen LogP contribution is 2.12. The molecule has 66 valence electrons. The smallest absolute Gasteiger partial charge is 0.339 e. The molecule has 2 aromatic heterocycles. The van der Waals surface area contributed by atoms with E-state index in [0.29, 0.717) is 11.2 Å². The monoisotopic (exact) mass is 177 g/mol. The van der Waals surface area contributed by atoms with Crippen LogP contribution in [0.4, 0.5) is 5.69 Å². The third-order valence-corrected chi connectivity index (χ3v) is 1.77. The molecule has 0 amide bonds. The van der Waals surface area contributed by atoms with Crippen LogP contribution in [0, 0.1) is 0 Å². The number of nitrogens with zero attached hydrogens (tertiary/aromatic N) is 2. The van der Waals surface area contributed by atoms with E-state index in [-0.39, 0.29) is 5.56 Å². The largest absolute Gasteiger partial charge is 0.478 e. The SMILES string of the molecule is Nc1ccc2c(C(=O)O)cnn2c1. The molecule has 0 saturated heterocycles. The number of pyridine rings is 1. The summed E-state index contributed by atoms with van der Waals surface area (Å²) in [4.78, 5) is 10.7. The number of hydrogen-bond acceptors (Lipinski definition) is 3. The molecule has 2 heterocycles. The normalized spacial score (nSPS) is 10.5. The molecular weight excluding hydrogens is 170 g/mol. The summed E-state index contributed by atoms with van der Waals surface area (Å²) in [5.74, 6) is -0.986. The van der Waals surface area contributed by atoms with Gasteiger partial charge in [0, 0.05) is 0 Å². The fourth-order valence-corrected chi connectivity index (χ4v) is 1.16. The highest BCUT2D eigenvalue weighted by atomic mass is 16.4. The minimum atomic E-state index is -0.986. The Morgan fingerprint density at radius 1 is 1.54 bits per heavy atom. The first-order chi connectivity index (χ1) is 6.18. The maximum absolute atomic E-state index is 10.7. The topological polar surface area (TPSA) is 80.6 Å². The predicted octanol–water partition coefficient (Wildman–Crippen LogP) is 0.615. The summed E-state index contributed by atoms with van der Waals surface area (Å²) in [5, 5.41) is 12.6. The third-order valence-electron chi connectivity index (χ3n) is 1.77. The van der Waals surface area contributed by atoms with E-state index in [9.17, 15) is 4.79 Å². The van der Waals surface area contributed by atoms with Gasteiger partial charge in [0.05, 0.1) is 23.6 Å². The fraction of sp³-hybridized carbons (Fsp3) is 0. The minimum Gasteiger partial charge on any atom is -0.478 e. The maximum Gasteiger partial charge on any atom is 0.339 e. The van der Waals surface area contributed by atoms with Crippen molar-refractivity contribution >= 4 is 17.2 Å². The van der Waals surface area contributed by atoms with E-state index < -0.39 is 5.97 Å². The Balaban J connectivity index is 2.76. The molecule has 0 unspecified atom stereocenters. The number of fused-ring (bicyclic) bond motifs is 1. The van der Waals surface area contributed by atoms with Crippen LogP contribution in [0.3, 0.4) is 0 Å². The van der Waals surface area contributed by atoms with Crippen molar-refractivity contribution in [1.82, 2.24) is 9.61 Å². The summed E-state index contributed by atoms with van der Waals surface area (Å²) >= 11 is 0. The zero-order valence-corrected chi connectivity index (χ0v) is 6.64. The molecule has 0 bridgehead atoms. The molecule has 5 nitrogen and oxygen atoms in total. The molecule has 0 aliphatic heterocycles. The van der Waals surface area contributed by atoms with Crippen molar-refractivity contribution in [1.29, 1.82) is 0 Å². The molecule has 0 aliphatic carbocycles. The van der Waals surface area contributed by atoms with Crippen molar-refractivity contribution < 1.29 is 9.90 Å². The van der Waals surface area contributed by atoms with Crippen LogP contribution in [0.5, 0.6) is 0 Å². The molecular formula is C8H7N3O2. The molecule has 0 radical (unpaired) electrons. The Kier molecular flexibility index (Phi) is 1.45. The van der Waals surface area contributed by atoms with Crippen molar-refractivity contribution in [3.63, 3.8) is 0 Å². The van der Waals surface area contributed by atoms with E-state index in [1.807, 2.05) is 0 Å². The van der Waals surface area contributed by atoms with Gasteiger partial charge >= 0.3 is 5.97 Å². The standard InChI is InChI=1S/C8H7N3O2/c9-5-1-2-7-6(8(12)13)3-10-11(7)4-5/h1-4H,9H2,(H,12,13). The number of aromatic nitrogens is 2. The Morgan fingerprint density at radius 2 is 2.31 bits per heavy atom. The number of anilines is 1. The summed E-state index contributed by atoms with van der Waals surface area (Å²) in [6.07, 6.45) is 2.87. The van der Waals surface area contributed by atoms with E-state index in [4.69, 9.17) is 10.8 Å². The number of nitrogen functional groups attached to an aromatic ring is 1. The van der Waals surface area contributed by atoms with Gasteiger partial charge in [-0.3, -0.25) is 0 Å². The van der Waals surface area contributed by atoms with E-state index in [0.717, 1.165) is 0 Å². The average molecular weight is 177 g/mol. The zero-order chi connectivity index (χ0) is 9.42. The van der Waals surface area contributed by atoms with Crippen molar-refractivity contribution in [2.24, 2.45) is 0 Å². The predicted molar refractivity (Wildman–Crippen MR) is 46.6 cm³/mol. The van der Waals surface area contributed by atoms with Gasteiger partial charge in [-0.25, -0.2) is 9.31 Å². The molecule has 5 heteroatoms. The first-order valence-corrected chi connectivity index (χ1v) is 3.64. The van der Waals surface area contributed by atoms with Crippen molar-refractivity contribution in [3.05, 3.63) is 30.1 Å². The van der Waals surface area contributed by atoms with E-state index in [1.54, 1.807) is 18.3 Å². The van der Waals surface area contributed by atoms with Crippen molar-refractivity contribution in [2.75, 3.05) is 5.73 Å². The molecule has 2 aromatic rings. The van der Waals surface area contributed by atoms with Gasteiger partial charge < -0.3 is 10.8 Å². The fourth-order valence-electron chi connectivity index (χ4n) is 1.16. The molecule has 0 saturated carbocycles. The van der Waals surface area contributed by atoms with Gasteiger partial charge in [-0.2, -0.15) is 5.10 Å². The second-order valence-electron chi connectivity index (χ2n) is 2.66. The Labute approximate surface area is 73.4 Å². The highest BCUT2D eigenvalue weighted by Gasteiger charge is 2.09. The minimum absolute atomic E-state index is 0.181. The molecule has 0 aromatic carbocycles. The summed E-state index contributed by atoms with van der Waals surface area (Å²) in [7, 11) is 0. The van der Waals surface area contributed by atoms with Crippen LogP contribution in [0.2, 0.25) is 0 Å². The van der Waals surface area contributed by atoms with Crippen LogP contribution in [0.25, 0.3) is 5.52 Å². The molecule has 3 N–H and O–H groups in total. The second-order valence-corrected chi connectivity index (χ2v) is 2.66. The first-order valence-electron chi connectivity index (χ1n) is 3.64. The van der Waals surface area contributed by atoms with E-state index in [1.165, 1.54) is 10.7 Å². The summed E-state index contributed by atoms with van der Waals surface area (Å²) in [5.41, 5.74) is 6.77. The van der Waals surface area contributed by atoms with Gasteiger partial charge in [-0.1, -0.05) is 0 Å². The van der Waals surface area contributed by atoms with Gasteiger partial charge in [0.15, 0.2) is 0 Å². The molecule has 0 spiro atoms. The number of carbonyl (C=O) groups is 1. The van der Waals surface area contributed by atoms with Gasteiger partial charge in [0.1, 0.15) is 5.56 Å². The van der Waals surface area contributed by atoms with Crippen LogP contribution in [-0.4, -0.2) is 20.7 Å². The molecule has 0 atom stereocenters. The van der Waals surface area contributed by atoms with Crippen LogP contribution in [0.1, 0.15) is 10.4 Å². The number of carboxylic acids is 1. The van der Waals surface area contributed by atoms with Crippen LogP contribution >= 0.6 is 0 Å². The molecule has 13 heavy (non-hydrogen) atoms. The Bertz CT molecular complexity index is 475. The third kappa shape index (κ3) is 1.10. The number of hydrogen-bond donors (Lipinski definition) is 2. The molecule has 0 aliphatic rings. The number of nitrogens with two attached hydrogens (primary N) is 1. The molecule has 0 fully saturated rings. The van der Waals surface area contributed by atoms with Crippen LogP contribution in [-0.2, 0) is 0 Å². The lowest BCUT2D eigenvalue weighted by atomic mass is 10.2. The van der Waals surface area contributed by atoms with Gasteiger partial charge in [0.25, 0.3) is 0 Å². The summed E-state index contributed by atoms with van der Waals surface area (Å²) in [6.45, 7) is 0. The van der Waals surface area contributed by atoms with Crippen LogP contribution in [0.15, 0.2) is 24.5 Å². The Hall–Kier alpha value is -2.04. The van der Waals surface area contributed by atoms with Crippen molar-refractivity contribution in [2.45, 2.75) is 0 Å². The summed E-state index contributed by atoms with van der Waals surface area (Å²) < 4.78 is 1.44. The van der Waals surface area contributed by atoms with E-state index in [2.05, 4.69) is 5.10 Å². The number of rotatable bonds is 1. The summed E-state index contributed by atoms with van der Waals surface area (Å²) in [6, 6.07) is 3.27. The number of carboxylic acid groups (broad SMARTS) is 1. The number of aromatic carboxylic acids is 1. The quantitative estimate of drug-likeness (QED) is 0.668. The van der Waals surface area contributed by atoms with Crippen LogP contribution < -0.4 is 5.73 Å². The lowest BCUT2D eigenvalue weighted by molar-refractivity contribution is 0.0699. The lowest BCUT2D eigenvalue weighted by Gasteiger charge is -1.95. The van der Waals surface area contributed by atoms with Crippen molar-refractivity contribution in [3.8, 4) is 0 Å². The van der Waals surface area contributed by atoms with Gasteiger partial charge in [0.2, 0.25) is 0 Å². The first kappa shape index (κ1) is 7.60. The highest BCUT2D eigenvalue weighted by molar-refractivity contribution is 5.95. The van der Waals surface area contributed by atoms with Gasteiger partial charge in [-0.05, 0) is 12.1 Å². The second kappa shape index (κ2) is 2.48. The average Bonchev–Trinajstić information content (AvgIpc) is 2.46. The molecule has 2 rings (SSSR count). The lowest BCUT2D eigenvalue weighted by Crippen LogP contribution is -1.96.